The highest BCUT2D eigenvalue weighted by Crippen LogP contribution is 2.18. The standard InChI is InChI=1S/C20H26N2O5S/c1-14(2)15(3)22-19(23)13-27-20(24)10-11-21-28(25,26)18-9-8-16-6-4-5-7-17(16)12-18/h4-9,12,14-15,21H,10-11,13H2,1-3H3,(H,22,23). The van der Waals surface area contributed by atoms with E-state index in [9.17, 15) is 18.0 Å². The lowest BCUT2D eigenvalue weighted by Crippen LogP contribution is -2.38. The van der Waals surface area contributed by atoms with Crippen LogP contribution in [0.4, 0.5) is 0 Å². The van der Waals surface area contributed by atoms with Gasteiger partial charge >= 0.3 is 5.97 Å². The fourth-order valence-corrected chi connectivity index (χ4v) is 3.45. The van der Waals surface area contributed by atoms with Gasteiger partial charge in [0.15, 0.2) is 6.61 Å². The number of hydrogen-bond donors (Lipinski definition) is 2. The van der Waals surface area contributed by atoms with Gasteiger partial charge in [0.05, 0.1) is 11.3 Å². The van der Waals surface area contributed by atoms with E-state index in [1.54, 1.807) is 12.1 Å². The summed E-state index contributed by atoms with van der Waals surface area (Å²) in [6.07, 6.45) is -0.167. The first-order valence-electron chi connectivity index (χ1n) is 9.12. The Bertz CT molecular complexity index is 941. The fraction of sp³-hybridized carbons (Fsp3) is 0.400. The summed E-state index contributed by atoms with van der Waals surface area (Å²) in [5, 5.41) is 4.47. The predicted octanol–water partition coefficient (Wildman–Crippen LogP) is 2.21. The summed E-state index contributed by atoms with van der Waals surface area (Å²) in [7, 11) is -3.74. The zero-order chi connectivity index (χ0) is 20.7. The number of rotatable bonds is 9. The molecule has 0 heterocycles. The van der Waals surface area contributed by atoms with Gasteiger partial charge in [-0.05, 0) is 35.7 Å². The highest BCUT2D eigenvalue weighted by atomic mass is 32.2. The third-order valence-electron chi connectivity index (χ3n) is 4.41. The quantitative estimate of drug-likeness (QED) is 0.622. The average Bonchev–Trinajstić information content (AvgIpc) is 2.65. The number of nitrogens with one attached hydrogen (secondary N) is 2. The van der Waals surface area contributed by atoms with Crippen LogP contribution < -0.4 is 10.0 Å². The third-order valence-corrected chi connectivity index (χ3v) is 5.86. The molecule has 152 valence electrons. The first kappa shape index (κ1) is 21.8. The number of amides is 1. The molecule has 0 saturated carbocycles. The maximum atomic E-state index is 12.4. The summed E-state index contributed by atoms with van der Waals surface area (Å²) in [5.41, 5.74) is 0. The Balaban J connectivity index is 1.81. The number of benzene rings is 2. The van der Waals surface area contributed by atoms with Gasteiger partial charge in [-0.3, -0.25) is 9.59 Å². The molecule has 0 aliphatic rings. The van der Waals surface area contributed by atoms with Crippen molar-refractivity contribution in [3.63, 3.8) is 0 Å². The molecule has 2 aromatic carbocycles. The van der Waals surface area contributed by atoms with Crippen LogP contribution in [0.2, 0.25) is 0 Å². The molecule has 0 aliphatic carbocycles. The normalized spacial score (nSPS) is 12.7. The minimum absolute atomic E-state index is 0.0278. The summed E-state index contributed by atoms with van der Waals surface area (Å²) in [4.78, 5) is 23.5. The monoisotopic (exact) mass is 406 g/mol. The molecule has 2 rings (SSSR count). The van der Waals surface area contributed by atoms with E-state index >= 15 is 0 Å². The second-order valence-corrected chi connectivity index (χ2v) is 8.68. The van der Waals surface area contributed by atoms with Gasteiger partial charge in [0, 0.05) is 12.6 Å². The average molecular weight is 407 g/mol. The van der Waals surface area contributed by atoms with E-state index in [0.717, 1.165) is 10.8 Å². The molecule has 0 fully saturated rings. The van der Waals surface area contributed by atoms with Crippen molar-refractivity contribution in [2.45, 2.75) is 38.1 Å². The topological polar surface area (TPSA) is 102 Å². The first-order valence-corrected chi connectivity index (χ1v) is 10.6. The zero-order valence-corrected chi connectivity index (χ0v) is 17.1. The van der Waals surface area contributed by atoms with Crippen molar-refractivity contribution in [1.82, 2.24) is 10.0 Å². The molecule has 7 nitrogen and oxygen atoms in total. The Morgan fingerprint density at radius 3 is 2.39 bits per heavy atom. The number of carbonyl (C=O) groups is 2. The molecule has 0 bridgehead atoms. The van der Waals surface area contributed by atoms with Crippen LogP contribution >= 0.6 is 0 Å². The summed E-state index contributed by atoms with van der Waals surface area (Å²) in [6, 6.07) is 12.2. The molecule has 0 aliphatic heterocycles. The summed E-state index contributed by atoms with van der Waals surface area (Å²) in [5.74, 6) is -0.760. The highest BCUT2D eigenvalue weighted by Gasteiger charge is 2.16. The van der Waals surface area contributed by atoms with E-state index in [1.807, 2.05) is 45.0 Å². The van der Waals surface area contributed by atoms with E-state index in [2.05, 4.69) is 10.0 Å². The Kier molecular flexibility index (Phi) is 7.53. The van der Waals surface area contributed by atoms with E-state index in [1.165, 1.54) is 6.07 Å². The number of fused-ring (bicyclic) bond motifs is 1. The van der Waals surface area contributed by atoms with Gasteiger partial charge < -0.3 is 10.1 Å². The summed E-state index contributed by atoms with van der Waals surface area (Å²) >= 11 is 0. The van der Waals surface area contributed by atoms with Gasteiger partial charge in [-0.15, -0.1) is 0 Å². The van der Waals surface area contributed by atoms with Crippen LogP contribution in [-0.4, -0.2) is 39.5 Å². The van der Waals surface area contributed by atoms with Crippen LogP contribution in [0.1, 0.15) is 27.2 Å². The molecular weight excluding hydrogens is 380 g/mol. The maximum Gasteiger partial charge on any atom is 0.307 e. The lowest BCUT2D eigenvalue weighted by Gasteiger charge is -2.17. The summed E-state index contributed by atoms with van der Waals surface area (Å²) in [6.45, 7) is 5.31. The molecule has 8 heteroatoms. The van der Waals surface area contributed by atoms with Crippen molar-refractivity contribution in [2.75, 3.05) is 13.2 Å². The molecule has 1 atom stereocenters. The Hall–Kier alpha value is -2.45. The van der Waals surface area contributed by atoms with Gasteiger partial charge in [0.1, 0.15) is 0 Å². The molecule has 0 saturated heterocycles. The SMILES string of the molecule is CC(C)C(C)NC(=O)COC(=O)CCNS(=O)(=O)c1ccc2ccccc2c1. The third kappa shape index (κ3) is 6.31. The first-order chi connectivity index (χ1) is 13.2. The van der Waals surface area contributed by atoms with Crippen molar-refractivity contribution in [2.24, 2.45) is 5.92 Å². The largest absolute Gasteiger partial charge is 0.456 e. The van der Waals surface area contributed by atoms with Crippen LogP contribution in [0.3, 0.4) is 0 Å². The Morgan fingerprint density at radius 1 is 1.04 bits per heavy atom. The number of carbonyl (C=O) groups excluding carboxylic acids is 2. The van der Waals surface area contributed by atoms with Crippen molar-refractivity contribution in [3.05, 3.63) is 42.5 Å². The Morgan fingerprint density at radius 2 is 1.71 bits per heavy atom. The minimum Gasteiger partial charge on any atom is -0.456 e. The van der Waals surface area contributed by atoms with Crippen LogP contribution in [0, 0.1) is 5.92 Å². The lowest BCUT2D eigenvalue weighted by atomic mass is 10.1. The Labute approximate surface area is 165 Å². The molecule has 2 N–H and O–H groups in total. The number of hydrogen-bond acceptors (Lipinski definition) is 5. The molecule has 1 amide bonds. The fourth-order valence-electron chi connectivity index (χ4n) is 2.39. The van der Waals surface area contributed by atoms with E-state index in [4.69, 9.17) is 4.74 Å². The van der Waals surface area contributed by atoms with Crippen LogP contribution in [0.5, 0.6) is 0 Å². The number of ether oxygens (including phenoxy) is 1. The smallest absolute Gasteiger partial charge is 0.307 e. The van der Waals surface area contributed by atoms with Gasteiger partial charge in [-0.1, -0.05) is 44.2 Å². The van der Waals surface area contributed by atoms with Crippen molar-refractivity contribution in [3.8, 4) is 0 Å². The number of sulfonamides is 1. The molecular formula is C20H26N2O5S. The van der Waals surface area contributed by atoms with Gasteiger partial charge in [0.25, 0.3) is 5.91 Å². The molecule has 28 heavy (non-hydrogen) atoms. The molecule has 0 spiro atoms. The molecule has 1 unspecified atom stereocenters. The lowest BCUT2D eigenvalue weighted by molar-refractivity contribution is -0.148. The van der Waals surface area contributed by atoms with Crippen LogP contribution in [0.15, 0.2) is 47.4 Å². The maximum absolute atomic E-state index is 12.4. The van der Waals surface area contributed by atoms with E-state index in [-0.39, 0.29) is 42.3 Å². The molecule has 2 aromatic rings. The molecule has 0 radical (unpaired) electrons. The van der Waals surface area contributed by atoms with Crippen LogP contribution in [-0.2, 0) is 24.3 Å². The van der Waals surface area contributed by atoms with Crippen LogP contribution in [0.25, 0.3) is 10.8 Å². The minimum atomic E-state index is -3.74. The van der Waals surface area contributed by atoms with Crippen molar-refractivity contribution >= 4 is 32.7 Å². The number of esters is 1. The second-order valence-electron chi connectivity index (χ2n) is 6.92. The van der Waals surface area contributed by atoms with Gasteiger partial charge in [0.2, 0.25) is 10.0 Å². The second kappa shape index (κ2) is 9.66. The van der Waals surface area contributed by atoms with Crippen molar-refractivity contribution < 1.29 is 22.7 Å². The summed E-state index contributed by atoms with van der Waals surface area (Å²) < 4.78 is 32.0. The van der Waals surface area contributed by atoms with E-state index in [0.29, 0.717) is 0 Å². The predicted molar refractivity (Wildman–Crippen MR) is 107 cm³/mol. The molecule has 0 aromatic heterocycles. The van der Waals surface area contributed by atoms with E-state index < -0.39 is 16.0 Å². The highest BCUT2D eigenvalue weighted by molar-refractivity contribution is 7.89. The van der Waals surface area contributed by atoms with Gasteiger partial charge in [-0.2, -0.15) is 0 Å². The van der Waals surface area contributed by atoms with Crippen molar-refractivity contribution in [1.29, 1.82) is 0 Å². The van der Waals surface area contributed by atoms with Gasteiger partial charge in [-0.25, -0.2) is 13.1 Å². The zero-order valence-electron chi connectivity index (χ0n) is 16.3.